The number of nitro benzene ring substituents is 1. The largest absolute Gasteiger partial charge is 0.497 e. The Kier molecular flexibility index (Phi) is 12.1. The molecular weight excluding hydrogens is 669 g/mol. The molecule has 0 spiro atoms. The molecule has 12 heteroatoms. The van der Waals surface area contributed by atoms with E-state index in [1.807, 2.05) is 61.5 Å². The molecule has 0 bridgehead atoms. The van der Waals surface area contributed by atoms with E-state index in [1.54, 1.807) is 12.1 Å². The maximum absolute atomic E-state index is 14.8. The fraction of sp³-hybridized carbons (Fsp3) is 0.333. The predicted octanol–water partition coefficient (Wildman–Crippen LogP) is 6.50. The van der Waals surface area contributed by atoms with E-state index in [-0.39, 0.29) is 41.2 Å². The monoisotopic (exact) mass is 712 g/mol. The van der Waals surface area contributed by atoms with Gasteiger partial charge in [-0.25, -0.2) is 8.42 Å². The zero-order chi connectivity index (χ0) is 36.5. The summed E-state index contributed by atoms with van der Waals surface area (Å²) in [5, 5.41) is 15.0. The van der Waals surface area contributed by atoms with Crippen molar-refractivity contribution in [3.63, 3.8) is 0 Å². The molecule has 0 heterocycles. The highest BCUT2D eigenvalue weighted by Gasteiger charge is 2.36. The molecule has 0 aromatic heterocycles. The lowest BCUT2D eigenvalue weighted by Gasteiger charge is -2.35. The summed E-state index contributed by atoms with van der Waals surface area (Å²) in [6.07, 6.45) is 5.02. The van der Waals surface area contributed by atoms with Crippen LogP contribution in [0.5, 0.6) is 5.75 Å². The molecule has 5 rings (SSSR count). The third-order valence-electron chi connectivity index (χ3n) is 9.26. The summed E-state index contributed by atoms with van der Waals surface area (Å²) < 4.78 is 35.0. The van der Waals surface area contributed by atoms with Crippen LogP contribution in [0.4, 0.5) is 11.4 Å². The Balaban J connectivity index is 1.59. The van der Waals surface area contributed by atoms with Gasteiger partial charge in [0.2, 0.25) is 11.8 Å². The molecule has 51 heavy (non-hydrogen) atoms. The highest BCUT2D eigenvalue weighted by atomic mass is 32.2. The van der Waals surface area contributed by atoms with E-state index in [9.17, 15) is 28.1 Å². The Morgan fingerprint density at radius 3 is 2.24 bits per heavy atom. The predicted molar refractivity (Wildman–Crippen MR) is 196 cm³/mol. The Morgan fingerprint density at radius 1 is 0.902 bits per heavy atom. The summed E-state index contributed by atoms with van der Waals surface area (Å²) in [5.74, 6) is -0.450. The summed E-state index contributed by atoms with van der Waals surface area (Å²) in [4.78, 5) is 41.3. The quantitative estimate of drug-likeness (QED) is 0.116. The molecule has 4 aromatic carbocycles. The molecule has 1 saturated carbocycles. The van der Waals surface area contributed by atoms with Crippen LogP contribution >= 0.6 is 0 Å². The van der Waals surface area contributed by atoms with E-state index in [0.29, 0.717) is 11.3 Å². The van der Waals surface area contributed by atoms with Gasteiger partial charge in [0.25, 0.3) is 15.7 Å². The number of amides is 2. The van der Waals surface area contributed by atoms with Gasteiger partial charge in [-0.3, -0.25) is 24.0 Å². The van der Waals surface area contributed by atoms with E-state index in [2.05, 4.69) is 5.32 Å². The number of benzene rings is 4. The molecule has 0 aliphatic heterocycles. The number of nitrogens with one attached hydrogen (secondary N) is 1. The SMILES string of the molecule is COc1ccc(N(CC(=O)N(Cc2cccc(C)c2)[C@@H](Cc2ccccc2)C(=O)NC2CCCCC2)S(=O)(=O)c2ccc(C)c([N+](=O)[O-])c2)cc1. The summed E-state index contributed by atoms with van der Waals surface area (Å²) in [6.45, 7) is 2.83. The van der Waals surface area contributed by atoms with Gasteiger partial charge in [0, 0.05) is 30.6 Å². The minimum absolute atomic E-state index is 0.0195. The molecule has 1 N–H and O–H groups in total. The lowest BCUT2D eigenvalue weighted by Crippen LogP contribution is -2.55. The van der Waals surface area contributed by atoms with E-state index >= 15 is 0 Å². The van der Waals surface area contributed by atoms with Gasteiger partial charge in [0.05, 0.1) is 22.6 Å². The molecule has 1 atom stereocenters. The van der Waals surface area contributed by atoms with Crippen molar-refractivity contribution in [2.75, 3.05) is 18.0 Å². The second-order valence-corrected chi connectivity index (χ2v) is 14.8. The van der Waals surface area contributed by atoms with E-state index in [1.165, 1.54) is 43.2 Å². The molecule has 268 valence electrons. The number of nitro groups is 1. The number of methoxy groups -OCH3 is 1. The summed E-state index contributed by atoms with van der Waals surface area (Å²) in [7, 11) is -3.06. The van der Waals surface area contributed by atoms with Crippen LogP contribution in [0, 0.1) is 24.0 Å². The van der Waals surface area contributed by atoms with Crippen molar-refractivity contribution >= 4 is 33.2 Å². The minimum atomic E-state index is -4.54. The molecule has 1 aliphatic carbocycles. The third-order valence-corrected chi connectivity index (χ3v) is 11.0. The topological polar surface area (TPSA) is 139 Å². The molecule has 2 amide bonds. The Morgan fingerprint density at radius 2 is 1.59 bits per heavy atom. The smallest absolute Gasteiger partial charge is 0.273 e. The van der Waals surface area contributed by atoms with Gasteiger partial charge in [-0.05, 0) is 68.1 Å². The number of anilines is 1. The molecule has 0 radical (unpaired) electrons. The van der Waals surface area contributed by atoms with Crippen molar-refractivity contribution in [1.29, 1.82) is 0 Å². The van der Waals surface area contributed by atoms with Crippen molar-refractivity contribution in [1.82, 2.24) is 10.2 Å². The van der Waals surface area contributed by atoms with Crippen LogP contribution in [-0.2, 0) is 32.6 Å². The zero-order valence-corrected chi connectivity index (χ0v) is 30.0. The number of carbonyl (C=O) groups is 2. The van der Waals surface area contributed by atoms with Crippen molar-refractivity contribution in [2.24, 2.45) is 0 Å². The van der Waals surface area contributed by atoms with Crippen LogP contribution in [0.1, 0.15) is 54.4 Å². The van der Waals surface area contributed by atoms with Crippen LogP contribution in [0.25, 0.3) is 0 Å². The Labute approximate surface area is 299 Å². The van der Waals surface area contributed by atoms with Gasteiger partial charge >= 0.3 is 0 Å². The molecule has 0 unspecified atom stereocenters. The number of sulfonamides is 1. The van der Waals surface area contributed by atoms with Crippen LogP contribution in [0.2, 0.25) is 0 Å². The van der Waals surface area contributed by atoms with Crippen LogP contribution in [0.15, 0.2) is 102 Å². The Bertz CT molecular complexity index is 1950. The minimum Gasteiger partial charge on any atom is -0.497 e. The van der Waals surface area contributed by atoms with Gasteiger partial charge in [-0.1, -0.05) is 85.5 Å². The van der Waals surface area contributed by atoms with Crippen molar-refractivity contribution in [3.8, 4) is 5.75 Å². The molecule has 1 fully saturated rings. The second-order valence-electron chi connectivity index (χ2n) is 13.0. The Hall–Kier alpha value is -5.23. The van der Waals surface area contributed by atoms with Gasteiger partial charge in [0.1, 0.15) is 18.3 Å². The number of carbonyl (C=O) groups excluding carboxylic acids is 2. The lowest BCUT2D eigenvalue weighted by atomic mass is 9.94. The first-order chi connectivity index (χ1) is 24.5. The van der Waals surface area contributed by atoms with Gasteiger partial charge in [-0.2, -0.15) is 0 Å². The van der Waals surface area contributed by atoms with E-state index in [4.69, 9.17) is 4.74 Å². The van der Waals surface area contributed by atoms with Gasteiger partial charge < -0.3 is 15.0 Å². The van der Waals surface area contributed by atoms with Crippen LogP contribution in [-0.4, -0.2) is 55.8 Å². The average Bonchev–Trinajstić information content (AvgIpc) is 3.12. The first-order valence-electron chi connectivity index (χ1n) is 17.1. The molecule has 1 aliphatic rings. The summed E-state index contributed by atoms with van der Waals surface area (Å²) in [6, 6.07) is 25.9. The summed E-state index contributed by atoms with van der Waals surface area (Å²) in [5.41, 5.74) is 2.67. The maximum atomic E-state index is 14.8. The zero-order valence-electron chi connectivity index (χ0n) is 29.2. The number of ether oxygens (including phenoxy) is 1. The maximum Gasteiger partial charge on any atom is 0.273 e. The average molecular weight is 713 g/mol. The standard InChI is InChI=1S/C39H44N4O7S/c1-28-11-10-14-31(23-28)26-41(37(24-30-12-6-4-7-13-30)39(45)40-32-15-8-5-9-16-32)38(44)27-42(33-18-20-34(50-3)21-19-33)51(48,49)35-22-17-29(2)36(25-35)43(46)47/h4,6-7,10-14,17-23,25,32,37H,5,8-9,15-16,24,26-27H2,1-3H3,(H,40,45)/t37-/m0/s1. The van der Waals surface area contributed by atoms with E-state index < -0.39 is 33.4 Å². The van der Waals surface area contributed by atoms with Crippen molar-refractivity contribution in [2.45, 2.75) is 75.9 Å². The molecule has 11 nitrogen and oxygen atoms in total. The first kappa shape index (κ1) is 37.0. The van der Waals surface area contributed by atoms with Gasteiger partial charge in [-0.15, -0.1) is 0 Å². The first-order valence-corrected chi connectivity index (χ1v) is 18.5. The van der Waals surface area contributed by atoms with Crippen LogP contribution in [0.3, 0.4) is 0 Å². The highest BCUT2D eigenvalue weighted by Crippen LogP contribution is 2.30. The number of hydrogen-bond acceptors (Lipinski definition) is 7. The molecule has 0 saturated heterocycles. The fourth-order valence-electron chi connectivity index (χ4n) is 6.46. The number of rotatable bonds is 14. The van der Waals surface area contributed by atoms with E-state index in [0.717, 1.165) is 59.2 Å². The van der Waals surface area contributed by atoms with Crippen LogP contribution < -0.4 is 14.4 Å². The van der Waals surface area contributed by atoms with Gasteiger partial charge in [0.15, 0.2) is 0 Å². The lowest BCUT2D eigenvalue weighted by molar-refractivity contribution is -0.385. The number of aryl methyl sites for hydroxylation is 2. The summed E-state index contributed by atoms with van der Waals surface area (Å²) >= 11 is 0. The van der Waals surface area contributed by atoms with Crippen molar-refractivity contribution in [3.05, 3.63) is 129 Å². The number of hydrogen-bond donors (Lipinski definition) is 1. The second kappa shape index (κ2) is 16.7. The third kappa shape index (κ3) is 9.31. The van der Waals surface area contributed by atoms with Crippen molar-refractivity contribution < 1.29 is 27.7 Å². The normalized spacial score (nSPS) is 13.9. The highest BCUT2D eigenvalue weighted by molar-refractivity contribution is 7.92. The fourth-order valence-corrected chi connectivity index (χ4v) is 7.89. The molecule has 4 aromatic rings. The molecular formula is C39H44N4O7S. The number of nitrogens with zero attached hydrogens (tertiary/aromatic N) is 3.